The molecule has 4 aromatic rings. The molecule has 6 heterocycles. The molecule has 2 aromatic carbocycles. The number of likely N-dealkylation sites (tertiary alicyclic amines) is 3. The van der Waals surface area contributed by atoms with Crippen LogP contribution >= 0.6 is 0 Å². The first-order valence-corrected chi connectivity index (χ1v) is 18.3. The minimum absolute atomic E-state index is 0.186. The van der Waals surface area contributed by atoms with Crippen molar-refractivity contribution < 1.29 is 14.3 Å². The van der Waals surface area contributed by atoms with Gasteiger partial charge in [0.2, 0.25) is 5.95 Å². The van der Waals surface area contributed by atoms with Crippen molar-refractivity contribution in [3.63, 3.8) is 0 Å². The number of para-hydroxylation sites is 1. The van der Waals surface area contributed by atoms with Gasteiger partial charge in [-0.15, -0.1) is 0 Å². The number of benzene rings is 2. The minimum Gasteiger partial charge on any atom is -0.494 e. The first-order chi connectivity index (χ1) is 24.2. The van der Waals surface area contributed by atoms with Gasteiger partial charge in [-0.05, 0) is 69.7 Å². The molecule has 0 bridgehead atoms. The van der Waals surface area contributed by atoms with E-state index in [4.69, 9.17) is 14.5 Å². The highest BCUT2D eigenvalue weighted by Gasteiger charge is 2.47. The molecule has 4 saturated heterocycles. The Morgan fingerprint density at radius 3 is 2.30 bits per heavy atom. The molecule has 1 N–H and O–H groups in total. The molecular formula is C39H48N8O3. The Bertz CT molecular complexity index is 1890. The fraction of sp³-hybridized carbons (Fsp3) is 0.513. The molecule has 1 amide bonds. The average molecular weight is 677 g/mol. The summed E-state index contributed by atoms with van der Waals surface area (Å²) >= 11 is 0. The maximum absolute atomic E-state index is 12.3. The lowest BCUT2D eigenvalue weighted by Gasteiger charge is -2.53. The van der Waals surface area contributed by atoms with Gasteiger partial charge >= 0.3 is 6.09 Å². The third-order valence-corrected chi connectivity index (χ3v) is 11.4. The Kier molecular flexibility index (Phi) is 7.69. The van der Waals surface area contributed by atoms with E-state index in [-0.39, 0.29) is 6.09 Å². The molecule has 4 aliphatic heterocycles. The summed E-state index contributed by atoms with van der Waals surface area (Å²) in [5.41, 5.74) is 4.93. The molecule has 2 atom stereocenters. The molecule has 2 aromatic heterocycles. The maximum Gasteiger partial charge on any atom is 0.410 e. The van der Waals surface area contributed by atoms with Crippen molar-refractivity contribution in [1.29, 1.82) is 0 Å². The van der Waals surface area contributed by atoms with Crippen LogP contribution in [-0.2, 0) is 4.74 Å². The monoisotopic (exact) mass is 676 g/mol. The lowest BCUT2D eigenvalue weighted by molar-refractivity contribution is -0.0550. The van der Waals surface area contributed by atoms with E-state index in [2.05, 4.69) is 78.2 Å². The number of aromatic nitrogens is 3. The Hall–Kier alpha value is -4.35. The number of amides is 1. The Morgan fingerprint density at radius 1 is 0.860 bits per heavy atom. The average Bonchev–Trinajstić information content (AvgIpc) is 3.53. The van der Waals surface area contributed by atoms with Crippen molar-refractivity contribution in [3.05, 3.63) is 60.9 Å². The van der Waals surface area contributed by atoms with Crippen LogP contribution in [0.1, 0.15) is 39.7 Å². The second-order valence-electron chi connectivity index (χ2n) is 16.0. The smallest absolute Gasteiger partial charge is 0.410 e. The van der Waals surface area contributed by atoms with Crippen LogP contribution < -0.4 is 15.0 Å². The van der Waals surface area contributed by atoms with E-state index in [0.717, 1.165) is 75.1 Å². The third-order valence-electron chi connectivity index (χ3n) is 11.4. The number of hydrogen-bond acceptors (Lipinski definition) is 9. The number of hydrogen-bond donors (Lipinski definition) is 1. The number of nitrogens with one attached hydrogen (secondary N) is 1. The molecule has 11 nitrogen and oxygen atoms in total. The van der Waals surface area contributed by atoms with Gasteiger partial charge in [-0.25, -0.2) is 14.8 Å². The lowest BCUT2D eigenvalue weighted by atomic mass is 9.99. The molecule has 2 unspecified atom stereocenters. The van der Waals surface area contributed by atoms with Gasteiger partial charge in [-0.1, -0.05) is 18.2 Å². The number of carbonyl (C=O) groups is 1. The van der Waals surface area contributed by atoms with Crippen LogP contribution in [0, 0.1) is 11.8 Å². The zero-order valence-corrected chi connectivity index (χ0v) is 29.6. The summed E-state index contributed by atoms with van der Waals surface area (Å²) in [5.74, 6) is 2.71. The Balaban J connectivity index is 0.798. The first kappa shape index (κ1) is 31.6. The molecule has 0 spiro atoms. The first-order valence-electron chi connectivity index (χ1n) is 18.3. The number of anilines is 3. The molecule has 5 aliphatic rings. The van der Waals surface area contributed by atoms with Crippen molar-refractivity contribution in [2.24, 2.45) is 11.8 Å². The number of methoxy groups -OCH3 is 1. The van der Waals surface area contributed by atoms with Gasteiger partial charge in [0.05, 0.1) is 18.5 Å². The lowest BCUT2D eigenvalue weighted by Crippen LogP contribution is -2.70. The van der Waals surface area contributed by atoms with E-state index >= 15 is 0 Å². The summed E-state index contributed by atoms with van der Waals surface area (Å²) in [6, 6.07) is 18.7. The largest absolute Gasteiger partial charge is 0.494 e. The standard InChI is InChI=1S/C39H48N8O3/c1-39(2,3)50-38(48)46-22-30(23-46)45-20-29(21-45)44-18-25-16-43(17-26(25)19-44)28-11-12-34(36(15-28)49-4)42-37-40-14-13-33(41-37)32-24-47(27-9-10-27)35-8-6-5-7-31(32)35/h5-8,11-15,24-27,29-30H,9-10,16-23H2,1-4H3,(H,40,41,42). The molecule has 11 heteroatoms. The fourth-order valence-corrected chi connectivity index (χ4v) is 8.45. The van der Waals surface area contributed by atoms with Crippen molar-refractivity contribution in [1.82, 2.24) is 29.2 Å². The predicted molar refractivity (Wildman–Crippen MR) is 195 cm³/mol. The molecule has 5 fully saturated rings. The summed E-state index contributed by atoms with van der Waals surface area (Å²) in [7, 11) is 1.73. The van der Waals surface area contributed by atoms with Gasteiger partial charge in [0.25, 0.3) is 0 Å². The number of nitrogens with zero attached hydrogens (tertiary/aromatic N) is 7. The summed E-state index contributed by atoms with van der Waals surface area (Å²) in [5, 5.41) is 4.66. The van der Waals surface area contributed by atoms with Gasteiger partial charge < -0.3 is 29.2 Å². The van der Waals surface area contributed by atoms with Crippen molar-refractivity contribution in [2.45, 2.75) is 57.3 Å². The predicted octanol–water partition coefficient (Wildman–Crippen LogP) is 5.86. The van der Waals surface area contributed by atoms with Crippen LogP contribution in [0.3, 0.4) is 0 Å². The van der Waals surface area contributed by atoms with Crippen molar-refractivity contribution >= 4 is 34.3 Å². The quantitative estimate of drug-likeness (QED) is 0.247. The second kappa shape index (κ2) is 12.2. The molecule has 262 valence electrons. The van der Waals surface area contributed by atoms with Gasteiger partial charge in [-0.3, -0.25) is 9.80 Å². The highest BCUT2D eigenvalue weighted by Crippen LogP contribution is 2.42. The van der Waals surface area contributed by atoms with Gasteiger partial charge in [0, 0.05) is 111 Å². The number of fused-ring (bicyclic) bond motifs is 2. The maximum atomic E-state index is 12.3. The summed E-state index contributed by atoms with van der Waals surface area (Å²) in [6.07, 6.45) is 6.38. The SMILES string of the molecule is COc1cc(N2CC3CN(C4CN(C5CN(C(=O)OC(C)(C)C)C5)C4)CC3C2)ccc1Nc1nccc(-c2cn(C3CC3)c3ccccc23)n1. The van der Waals surface area contributed by atoms with Crippen LogP contribution in [-0.4, -0.2) is 112 Å². The molecule has 50 heavy (non-hydrogen) atoms. The summed E-state index contributed by atoms with van der Waals surface area (Å²) < 4.78 is 13.8. The Labute approximate surface area is 294 Å². The highest BCUT2D eigenvalue weighted by atomic mass is 16.6. The summed E-state index contributed by atoms with van der Waals surface area (Å²) in [4.78, 5) is 31.4. The summed E-state index contributed by atoms with van der Waals surface area (Å²) in [6.45, 7) is 14.0. The molecule has 9 rings (SSSR count). The minimum atomic E-state index is -0.442. The molecular weight excluding hydrogens is 628 g/mol. The van der Waals surface area contributed by atoms with Crippen LogP contribution in [0.15, 0.2) is 60.9 Å². The molecule has 1 aliphatic carbocycles. The normalized spacial score (nSPS) is 23.2. The van der Waals surface area contributed by atoms with E-state index < -0.39 is 5.60 Å². The number of rotatable bonds is 8. The number of ether oxygens (including phenoxy) is 2. The van der Waals surface area contributed by atoms with E-state index in [0.29, 0.717) is 35.9 Å². The third kappa shape index (κ3) is 5.94. The van der Waals surface area contributed by atoms with E-state index in [9.17, 15) is 4.79 Å². The number of carbonyl (C=O) groups excluding carboxylic acids is 1. The fourth-order valence-electron chi connectivity index (χ4n) is 8.45. The molecule has 1 saturated carbocycles. The van der Waals surface area contributed by atoms with Gasteiger partial charge in [-0.2, -0.15) is 0 Å². The van der Waals surface area contributed by atoms with E-state index in [1.165, 1.54) is 29.4 Å². The van der Waals surface area contributed by atoms with Crippen LogP contribution in [0.4, 0.5) is 22.1 Å². The second-order valence-corrected chi connectivity index (χ2v) is 16.0. The van der Waals surface area contributed by atoms with E-state index in [1.807, 2.05) is 37.9 Å². The van der Waals surface area contributed by atoms with Crippen molar-refractivity contribution in [3.8, 4) is 17.0 Å². The van der Waals surface area contributed by atoms with E-state index in [1.54, 1.807) is 7.11 Å². The zero-order valence-electron chi connectivity index (χ0n) is 29.6. The van der Waals surface area contributed by atoms with Crippen LogP contribution in [0.5, 0.6) is 5.75 Å². The topological polar surface area (TPSA) is 91.2 Å². The van der Waals surface area contributed by atoms with Crippen molar-refractivity contribution in [2.75, 3.05) is 69.7 Å². The van der Waals surface area contributed by atoms with Crippen LogP contribution in [0.25, 0.3) is 22.2 Å². The Morgan fingerprint density at radius 2 is 1.58 bits per heavy atom. The van der Waals surface area contributed by atoms with Gasteiger partial charge in [0.1, 0.15) is 11.4 Å². The van der Waals surface area contributed by atoms with Crippen LogP contribution in [0.2, 0.25) is 0 Å². The van der Waals surface area contributed by atoms with Gasteiger partial charge in [0.15, 0.2) is 0 Å². The highest BCUT2D eigenvalue weighted by molar-refractivity contribution is 5.95. The molecule has 0 radical (unpaired) electrons. The zero-order chi connectivity index (χ0) is 34.1.